The summed E-state index contributed by atoms with van der Waals surface area (Å²) < 4.78 is 2.04. The lowest BCUT2D eigenvalue weighted by Crippen LogP contribution is -2.49. The maximum absolute atomic E-state index is 13.1. The number of carbonyl (C=O) groups is 1. The zero-order valence-corrected chi connectivity index (χ0v) is 20.9. The predicted molar refractivity (Wildman–Crippen MR) is 143 cm³/mol. The number of aryl methyl sites for hydroxylation is 2. The molecule has 1 amide bonds. The highest BCUT2D eigenvalue weighted by molar-refractivity contribution is 6.31. The first-order chi connectivity index (χ1) is 17.5. The van der Waals surface area contributed by atoms with E-state index in [9.17, 15) is 4.79 Å². The zero-order valence-electron chi connectivity index (χ0n) is 20.1. The first-order valence-electron chi connectivity index (χ1n) is 12.0. The van der Waals surface area contributed by atoms with Crippen molar-refractivity contribution in [2.24, 2.45) is 0 Å². The Balaban J connectivity index is 1.40. The van der Waals surface area contributed by atoms with E-state index in [0.717, 1.165) is 50.6 Å². The van der Waals surface area contributed by atoms with Gasteiger partial charge in [0.05, 0.1) is 5.52 Å². The van der Waals surface area contributed by atoms with E-state index in [1.807, 2.05) is 70.8 Å². The molecule has 0 saturated carbocycles. The van der Waals surface area contributed by atoms with Crippen LogP contribution in [-0.4, -0.2) is 56.6 Å². The van der Waals surface area contributed by atoms with Crippen LogP contribution in [0.3, 0.4) is 0 Å². The van der Waals surface area contributed by atoms with Crippen LogP contribution in [0.4, 0.5) is 5.95 Å². The summed E-state index contributed by atoms with van der Waals surface area (Å²) in [7, 11) is 0. The number of halogens is 1. The molecule has 3 heterocycles. The summed E-state index contributed by atoms with van der Waals surface area (Å²) in [5, 5.41) is 10.7. The van der Waals surface area contributed by atoms with Crippen molar-refractivity contribution in [1.82, 2.24) is 24.5 Å². The summed E-state index contributed by atoms with van der Waals surface area (Å²) >= 11 is 6.31. The first kappa shape index (κ1) is 22.5. The number of piperazine rings is 1. The number of hydrogen-bond acceptors (Lipinski definition) is 5. The number of hydrogen-bond donors (Lipinski definition) is 0. The van der Waals surface area contributed by atoms with Crippen molar-refractivity contribution < 1.29 is 4.79 Å². The van der Waals surface area contributed by atoms with Gasteiger partial charge in [-0.05, 0) is 49.7 Å². The lowest BCUT2D eigenvalue weighted by atomic mass is 10.1. The van der Waals surface area contributed by atoms with Gasteiger partial charge in [-0.1, -0.05) is 53.6 Å². The molecule has 36 heavy (non-hydrogen) atoms. The fourth-order valence-electron chi connectivity index (χ4n) is 4.79. The Bertz CT molecular complexity index is 1600. The summed E-state index contributed by atoms with van der Waals surface area (Å²) in [6.45, 7) is 6.60. The molecule has 2 aromatic heterocycles. The van der Waals surface area contributed by atoms with Gasteiger partial charge in [-0.3, -0.25) is 4.79 Å². The maximum Gasteiger partial charge on any atom is 0.253 e. The molecule has 0 unspecified atom stereocenters. The van der Waals surface area contributed by atoms with Crippen LogP contribution in [0, 0.1) is 13.8 Å². The molecule has 0 N–H and O–H groups in total. The van der Waals surface area contributed by atoms with Gasteiger partial charge in [0.2, 0.25) is 5.95 Å². The molecule has 3 aromatic carbocycles. The van der Waals surface area contributed by atoms with Crippen LogP contribution in [0.15, 0.2) is 66.7 Å². The number of carbonyl (C=O) groups excluding carboxylic acids is 1. The number of anilines is 1. The van der Waals surface area contributed by atoms with Crippen LogP contribution in [-0.2, 0) is 0 Å². The van der Waals surface area contributed by atoms with Gasteiger partial charge in [0.1, 0.15) is 0 Å². The number of nitrogens with zero attached hydrogens (tertiary/aromatic N) is 6. The highest BCUT2D eigenvalue weighted by Crippen LogP contribution is 2.31. The van der Waals surface area contributed by atoms with Gasteiger partial charge >= 0.3 is 0 Å². The van der Waals surface area contributed by atoms with Crippen LogP contribution in [0.1, 0.15) is 21.5 Å². The largest absolute Gasteiger partial charge is 0.338 e. The highest BCUT2D eigenvalue weighted by Gasteiger charge is 2.27. The molecule has 1 fully saturated rings. The third kappa shape index (κ3) is 3.85. The van der Waals surface area contributed by atoms with Crippen molar-refractivity contribution in [3.05, 3.63) is 88.4 Å². The van der Waals surface area contributed by atoms with E-state index >= 15 is 0 Å². The Hall–Kier alpha value is -3.97. The summed E-state index contributed by atoms with van der Waals surface area (Å²) in [6.07, 6.45) is 0. The molecule has 0 radical (unpaired) electrons. The van der Waals surface area contributed by atoms with Gasteiger partial charge in [-0.15, -0.1) is 10.2 Å². The topological polar surface area (TPSA) is 66.6 Å². The monoisotopic (exact) mass is 496 g/mol. The number of amides is 1. The molecule has 1 aliphatic heterocycles. The minimum Gasteiger partial charge on any atom is -0.338 e. The molecule has 1 saturated heterocycles. The minimum atomic E-state index is 0.0583. The first-order valence-corrected chi connectivity index (χ1v) is 12.4. The fraction of sp³-hybridized carbons (Fsp3) is 0.214. The van der Waals surface area contributed by atoms with Gasteiger partial charge in [-0.25, -0.2) is 9.38 Å². The average Bonchev–Trinajstić information content (AvgIpc) is 3.33. The Labute approximate surface area is 214 Å². The van der Waals surface area contributed by atoms with E-state index in [4.69, 9.17) is 16.6 Å². The molecule has 0 spiro atoms. The number of fused-ring (bicyclic) bond motifs is 3. The molecule has 0 aliphatic carbocycles. The highest BCUT2D eigenvalue weighted by atomic mass is 35.5. The van der Waals surface area contributed by atoms with Crippen LogP contribution in [0.5, 0.6) is 0 Å². The average molecular weight is 497 g/mol. The summed E-state index contributed by atoms with van der Waals surface area (Å²) in [4.78, 5) is 22.2. The van der Waals surface area contributed by atoms with Crippen LogP contribution < -0.4 is 4.90 Å². The van der Waals surface area contributed by atoms with E-state index in [2.05, 4.69) is 34.2 Å². The van der Waals surface area contributed by atoms with Crippen LogP contribution in [0.25, 0.3) is 27.9 Å². The maximum atomic E-state index is 13.1. The summed E-state index contributed by atoms with van der Waals surface area (Å²) in [5.41, 5.74) is 5.49. The van der Waals surface area contributed by atoms with Crippen molar-refractivity contribution in [1.29, 1.82) is 0 Å². The number of benzene rings is 3. The number of rotatable bonds is 3. The summed E-state index contributed by atoms with van der Waals surface area (Å²) in [5.74, 6) is 1.56. The molecule has 8 heteroatoms. The zero-order chi connectivity index (χ0) is 24.8. The fourth-order valence-corrected chi connectivity index (χ4v) is 4.96. The molecule has 0 bridgehead atoms. The van der Waals surface area contributed by atoms with Crippen molar-refractivity contribution in [3.8, 4) is 11.4 Å². The summed E-state index contributed by atoms with van der Waals surface area (Å²) in [6, 6.07) is 21.5. The third-order valence-corrected chi connectivity index (χ3v) is 7.05. The van der Waals surface area contributed by atoms with Gasteiger partial charge in [0.25, 0.3) is 5.91 Å². The van der Waals surface area contributed by atoms with E-state index in [1.165, 1.54) is 0 Å². The molecule has 5 aromatic rings. The number of aromatic nitrogens is 4. The third-order valence-electron chi connectivity index (χ3n) is 6.82. The second-order valence-electron chi connectivity index (χ2n) is 9.22. The van der Waals surface area contributed by atoms with Gasteiger partial charge in [-0.2, -0.15) is 0 Å². The normalized spacial score (nSPS) is 14.1. The van der Waals surface area contributed by atoms with Gasteiger partial charge in [0, 0.05) is 47.7 Å². The van der Waals surface area contributed by atoms with Crippen molar-refractivity contribution in [3.63, 3.8) is 0 Å². The second kappa shape index (κ2) is 8.91. The Morgan fingerprint density at radius 1 is 0.889 bits per heavy atom. The van der Waals surface area contributed by atoms with Crippen molar-refractivity contribution in [2.75, 3.05) is 31.1 Å². The Morgan fingerprint density at radius 2 is 1.64 bits per heavy atom. The van der Waals surface area contributed by atoms with E-state index in [0.29, 0.717) is 31.2 Å². The lowest BCUT2D eigenvalue weighted by molar-refractivity contribution is 0.0746. The molecular formula is C28H25ClN6O. The van der Waals surface area contributed by atoms with Crippen molar-refractivity contribution >= 4 is 40.0 Å². The Morgan fingerprint density at radius 3 is 2.39 bits per heavy atom. The lowest BCUT2D eigenvalue weighted by Gasteiger charge is -2.35. The molecule has 0 atom stereocenters. The molecule has 1 aliphatic rings. The SMILES string of the molecule is Cc1ccc(C(=O)N2CCN(c3nc4cc(Cl)ccc4c4nnc(-c5ccccc5C)n34)CC2)cc1. The Kier molecular flexibility index (Phi) is 5.57. The van der Waals surface area contributed by atoms with Gasteiger partial charge < -0.3 is 9.80 Å². The predicted octanol–water partition coefficient (Wildman–Crippen LogP) is 5.18. The smallest absolute Gasteiger partial charge is 0.253 e. The van der Waals surface area contributed by atoms with Crippen molar-refractivity contribution in [2.45, 2.75) is 13.8 Å². The molecule has 180 valence electrons. The van der Waals surface area contributed by atoms with Crippen LogP contribution >= 0.6 is 11.6 Å². The molecular weight excluding hydrogens is 472 g/mol. The van der Waals surface area contributed by atoms with E-state index in [1.54, 1.807) is 0 Å². The molecule has 7 nitrogen and oxygen atoms in total. The van der Waals surface area contributed by atoms with Gasteiger partial charge in [0.15, 0.2) is 11.5 Å². The van der Waals surface area contributed by atoms with E-state index < -0.39 is 0 Å². The molecule has 6 rings (SSSR count). The standard InChI is InChI=1S/C28H25ClN6O/c1-18-7-9-20(10-8-18)27(36)33-13-15-34(16-14-33)28-30-24-17-21(29)11-12-23(24)26-32-31-25(35(26)28)22-6-4-3-5-19(22)2/h3-12,17H,13-16H2,1-2H3. The minimum absolute atomic E-state index is 0.0583. The second-order valence-corrected chi connectivity index (χ2v) is 9.65. The van der Waals surface area contributed by atoms with Crippen LogP contribution in [0.2, 0.25) is 5.02 Å². The quantitative estimate of drug-likeness (QED) is 0.344. The van der Waals surface area contributed by atoms with E-state index in [-0.39, 0.29) is 5.91 Å².